The van der Waals surface area contributed by atoms with Crippen LogP contribution in [0.25, 0.3) is 0 Å². The molecular weight excluding hydrogens is 144 g/mol. The molecule has 0 saturated heterocycles. The van der Waals surface area contributed by atoms with Crippen molar-refractivity contribution in [3.05, 3.63) is 0 Å². The molecule has 11 heavy (non-hydrogen) atoms. The van der Waals surface area contributed by atoms with E-state index in [4.69, 9.17) is 5.90 Å². The topological polar surface area (TPSA) is 52.3 Å². The highest BCUT2D eigenvalue weighted by molar-refractivity contribution is 5.59. The lowest BCUT2D eigenvalue weighted by atomic mass is 10.1. The molecule has 0 heterocycles. The predicted octanol–water partition coefficient (Wildman–Crippen LogP) is 0.872. The largest absolute Gasteiger partial charge is 0.534 e. The highest BCUT2D eigenvalue weighted by Gasteiger charge is 2.40. The molecule has 0 unspecified atom stereocenters. The number of quaternary nitrogens is 1. The number of hydrogen-bond donors (Lipinski definition) is 1. The SMILES string of the molecule is CC(C)(C)[N+](C)(C)C(=O)ON. The normalized spacial score (nSPS) is 12.9. The lowest BCUT2D eigenvalue weighted by Crippen LogP contribution is -2.58. The second-order valence-corrected chi connectivity index (χ2v) is 4.01. The Labute approximate surface area is 67.5 Å². The van der Waals surface area contributed by atoms with Gasteiger partial charge < -0.3 is 4.84 Å². The summed E-state index contributed by atoms with van der Waals surface area (Å²) in [5.41, 5.74) is -0.198. The first kappa shape index (κ1) is 10.4. The number of hydrogen-bond acceptors (Lipinski definition) is 3. The van der Waals surface area contributed by atoms with Crippen molar-refractivity contribution < 1.29 is 14.1 Å². The van der Waals surface area contributed by atoms with E-state index in [1.807, 2.05) is 20.8 Å². The summed E-state index contributed by atoms with van der Waals surface area (Å²) in [7, 11) is 3.52. The van der Waals surface area contributed by atoms with Crippen molar-refractivity contribution in [3.63, 3.8) is 0 Å². The zero-order chi connectivity index (χ0) is 9.28. The molecule has 0 aliphatic rings. The van der Waals surface area contributed by atoms with E-state index in [0.717, 1.165) is 0 Å². The number of nitrogens with zero attached hydrogens (tertiary/aromatic N) is 1. The second-order valence-electron chi connectivity index (χ2n) is 4.01. The van der Waals surface area contributed by atoms with Gasteiger partial charge in [0.2, 0.25) is 0 Å². The quantitative estimate of drug-likeness (QED) is 0.423. The Morgan fingerprint density at radius 3 is 1.82 bits per heavy atom. The maximum Gasteiger partial charge on any atom is 0.534 e. The average Bonchev–Trinajstić information content (AvgIpc) is 1.83. The van der Waals surface area contributed by atoms with Gasteiger partial charge in [-0.2, -0.15) is 10.7 Å². The average molecular weight is 161 g/mol. The van der Waals surface area contributed by atoms with Crippen molar-refractivity contribution in [2.24, 2.45) is 5.90 Å². The molecule has 0 saturated carbocycles. The summed E-state index contributed by atoms with van der Waals surface area (Å²) in [5.74, 6) is 4.79. The minimum Gasteiger partial charge on any atom is -0.326 e. The van der Waals surface area contributed by atoms with Crippen LogP contribution in [0, 0.1) is 0 Å². The van der Waals surface area contributed by atoms with Crippen LogP contribution in [0.15, 0.2) is 0 Å². The van der Waals surface area contributed by atoms with Gasteiger partial charge in [-0.05, 0) is 20.8 Å². The lowest BCUT2D eigenvalue weighted by molar-refractivity contribution is -0.866. The van der Waals surface area contributed by atoms with E-state index in [-0.39, 0.29) is 10.0 Å². The van der Waals surface area contributed by atoms with Gasteiger partial charge in [-0.15, -0.1) is 0 Å². The monoisotopic (exact) mass is 161 g/mol. The van der Waals surface area contributed by atoms with Gasteiger partial charge in [0.1, 0.15) is 5.54 Å². The lowest BCUT2D eigenvalue weighted by Gasteiger charge is -2.37. The molecule has 66 valence electrons. The Morgan fingerprint density at radius 1 is 1.36 bits per heavy atom. The molecule has 0 rings (SSSR count). The third-order valence-corrected chi connectivity index (χ3v) is 2.23. The summed E-state index contributed by atoms with van der Waals surface area (Å²) < 4.78 is 0.115. The van der Waals surface area contributed by atoms with E-state index in [0.29, 0.717) is 0 Å². The molecule has 0 aliphatic carbocycles. The van der Waals surface area contributed by atoms with Gasteiger partial charge in [0, 0.05) is 0 Å². The minimum atomic E-state index is -0.433. The molecule has 0 atom stereocenters. The Kier molecular flexibility index (Phi) is 2.64. The van der Waals surface area contributed by atoms with Gasteiger partial charge in [0.05, 0.1) is 14.1 Å². The molecule has 4 heteroatoms. The van der Waals surface area contributed by atoms with E-state index in [2.05, 4.69) is 4.84 Å². The number of carbonyl (C=O) groups excluding carboxylic acids is 1. The molecular formula is C7H17N2O2+. The van der Waals surface area contributed by atoms with E-state index in [1.54, 1.807) is 14.1 Å². The molecule has 2 N–H and O–H groups in total. The van der Waals surface area contributed by atoms with Gasteiger partial charge >= 0.3 is 6.09 Å². The van der Waals surface area contributed by atoms with Crippen LogP contribution in [0.2, 0.25) is 0 Å². The van der Waals surface area contributed by atoms with Gasteiger partial charge in [0.25, 0.3) is 0 Å². The van der Waals surface area contributed by atoms with Crippen molar-refractivity contribution in [1.82, 2.24) is 0 Å². The molecule has 0 aromatic rings. The van der Waals surface area contributed by atoms with E-state index >= 15 is 0 Å². The van der Waals surface area contributed by atoms with Crippen LogP contribution in [0.3, 0.4) is 0 Å². The summed E-state index contributed by atoms with van der Waals surface area (Å²) >= 11 is 0. The molecule has 0 aliphatic heterocycles. The molecule has 0 spiro atoms. The standard InChI is InChI=1S/C7H17N2O2/c1-7(2,3)9(4,5)6(10)11-8/h8H2,1-5H3/q+1. The van der Waals surface area contributed by atoms with Crippen LogP contribution in [-0.2, 0) is 4.84 Å². The number of rotatable bonds is 0. The summed E-state index contributed by atoms with van der Waals surface area (Å²) in [6, 6.07) is 0. The molecule has 0 radical (unpaired) electrons. The maximum atomic E-state index is 11.1. The molecule has 4 nitrogen and oxygen atoms in total. The minimum absolute atomic E-state index is 0.115. The highest BCUT2D eigenvalue weighted by atomic mass is 16.7. The van der Waals surface area contributed by atoms with Gasteiger partial charge in [0.15, 0.2) is 0 Å². The number of carbonyl (C=O) groups is 1. The number of nitrogens with two attached hydrogens (primary N) is 1. The van der Waals surface area contributed by atoms with Crippen molar-refractivity contribution in [3.8, 4) is 0 Å². The van der Waals surface area contributed by atoms with E-state index in [1.165, 1.54) is 0 Å². The highest BCUT2D eigenvalue weighted by Crippen LogP contribution is 2.19. The van der Waals surface area contributed by atoms with Crippen molar-refractivity contribution in [2.45, 2.75) is 26.3 Å². The third-order valence-electron chi connectivity index (χ3n) is 2.23. The van der Waals surface area contributed by atoms with Gasteiger partial charge in [-0.1, -0.05) is 0 Å². The predicted molar refractivity (Wildman–Crippen MR) is 42.5 cm³/mol. The molecule has 0 bridgehead atoms. The van der Waals surface area contributed by atoms with E-state index < -0.39 is 6.09 Å². The van der Waals surface area contributed by atoms with Crippen molar-refractivity contribution in [1.29, 1.82) is 0 Å². The zero-order valence-electron chi connectivity index (χ0n) is 7.84. The third kappa shape index (κ3) is 1.91. The Morgan fingerprint density at radius 2 is 1.73 bits per heavy atom. The second kappa shape index (κ2) is 2.79. The number of amides is 1. The Bertz CT molecular complexity index is 158. The Hall–Kier alpha value is -0.610. The van der Waals surface area contributed by atoms with Crippen LogP contribution < -0.4 is 5.90 Å². The van der Waals surface area contributed by atoms with Crippen LogP contribution in [-0.4, -0.2) is 30.2 Å². The summed E-state index contributed by atoms with van der Waals surface area (Å²) in [4.78, 5) is 15.3. The first-order valence-electron chi connectivity index (χ1n) is 3.49. The summed E-state index contributed by atoms with van der Waals surface area (Å²) in [6.07, 6.45) is -0.433. The molecule has 0 aromatic heterocycles. The Balaban J connectivity index is 4.59. The summed E-state index contributed by atoms with van der Waals surface area (Å²) in [5, 5.41) is 0. The van der Waals surface area contributed by atoms with Crippen LogP contribution in [0.5, 0.6) is 0 Å². The molecule has 0 aromatic carbocycles. The first-order chi connectivity index (χ1) is 4.73. The van der Waals surface area contributed by atoms with E-state index in [9.17, 15) is 4.79 Å². The first-order valence-corrected chi connectivity index (χ1v) is 3.49. The fourth-order valence-electron chi connectivity index (χ4n) is 0.406. The fourth-order valence-corrected chi connectivity index (χ4v) is 0.406. The summed E-state index contributed by atoms with van der Waals surface area (Å²) in [6.45, 7) is 5.84. The van der Waals surface area contributed by atoms with Gasteiger partial charge in [-0.25, -0.2) is 4.48 Å². The fraction of sp³-hybridized carbons (Fsp3) is 0.857. The maximum absolute atomic E-state index is 11.1. The van der Waals surface area contributed by atoms with Crippen molar-refractivity contribution in [2.75, 3.05) is 14.1 Å². The van der Waals surface area contributed by atoms with Crippen LogP contribution in [0.1, 0.15) is 20.8 Å². The van der Waals surface area contributed by atoms with Crippen molar-refractivity contribution >= 4 is 6.09 Å². The zero-order valence-corrected chi connectivity index (χ0v) is 7.84. The van der Waals surface area contributed by atoms with Crippen LogP contribution in [0.4, 0.5) is 4.79 Å². The van der Waals surface area contributed by atoms with Gasteiger partial charge in [-0.3, -0.25) is 0 Å². The molecule has 1 amide bonds. The molecule has 0 fully saturated rings. The smallest absolute Gasteiger partial charge is 0.326 e. The van der Waals surface area contributed by atoms with Crippen LogP contribution >= 0.6 is 0 Å².